The Hall–Kier alpha value is -0.480. The van der Waals surface area contributed by atoms with Gasteiger partial charge in [-0.2, -0.15) is 11.8 Å². The summed E-state index contributed by atoms with van der Waals surface area (Å²) in [5, 5.41) is 3.57. The molecule has 0 bridgehead atoms. The van der Waals surface area contributed by atoms with E-state index in [1.807, 2.05) is 24.3 Å². The largest absolute Gasteiger partial charge is 0.332 e. The lowest BCUT2D eigenvalue weighted by Gasteiger charge is -2.24. The molecule has 1 unspecified atom stereocenters. The second kappa shape index (κ2) is 5.56. The van der Waals surface area contributed by atoms with Crippen molar-refractivity contribution in [1.29, 1.82) is 0 Å². The molecule has 1 aliphatic rings. The second-order valence-corrected chi connectivity index (χ2v) is 4.99. The summed E-state index contributed by atoms with van der Waals surface area (Å²) < 4.78 is 2.29. The Kier molecular flexibility index (Phi) is 4.09. The maximum absolute atomic E-state index is 4.26. The average Bonchev–Trinajstić information content (AvgIpc) is 2.75. The molecule has 84 valence electrons. The number of rotatable bonds is 4. The third-order valence-corrected chi connectivity index (χ3v) is 3.54. The molecule has 0 radical (unpaired) electrons. The Morgan fingerprint density at radius 2 is 2.53 bits per heavy atom. The molecule has 1 aromatic rings. The van der Waals surface area contributed by atoms with Crippen molar-refractivity contribution in [3.8, 4) is 0 Å². The molecule has 1 saturated heterocycles. The maximum Gasteiger partial charge on any atom is 0.0948 e. The average molecular weight is 225 g/mol. The molecule has 0 aliphatic carbocycles. The van der Waals surface area contributed by atoms with Gasteiger partial charge < -0.3 is 9.88 Å². The van der Waals surface area contributed by atoms with E-state index in [0.29, 0.717) is 6.04 Å². The van der Waals surface area contributed by atoms with Crippen LogP contribution in [0.5, 0.6) is 0 Å². The lowest BCUT2D eigenvalue weighted by molar-refractivity contribution is 0.395. The van der Waals surface area contributed by atoms with Crippen LogP contribution in [0.15, 0.2) is 12.5 Å². The molecule has 4 heteroatoms. The molecule has 3 nitrogen and oxygen atoms in total. The van der Waals surface area contributed by atoms with Crippen LogP contribution in [0.25, 0.3) is 0 Å². The Morgan fingerprint density at radius 3 is 3.27 bits per heavy atom. The number of aromatic nitrogens is 2. The lowest BCUT2D eigenvalue weighted by Crippen LogP contribution is -2.28. The second-order valence-electron chi connectivity index (χ2n) is 4.01. The van der Waals surface area contributed by atoms with Crippen LogP contribution in [0.2, 0.25) is 0 Å². The predicted molar refractivity (Wildman–Crippen MR) is 65.2 cm³/mol. The van der Waals surface area contributed by atoms with Crippen LogP contribution in [0.4, 0.5) is 0 Å². The van der Waals surface area contributed by atoms with Crippen LogP contribution in [0.1, 0.15) is 31.0 Å². The summed E-state index contributed by atoms with van der Waals surface area (Å²) in [6.07, 6.45) is 10.0. The van der Waals surface area contributed by atoms with Gasteiger partial charge in [0, 0.05) is 24.5 Å². The molecule has 0 saturated carbocycles. The van der Waals surface area contributed by atoms with Crippen LogP contribution in [0, 0.1) is 0 Å². The van der Waals surface area contributed by atoms with Crippen LogP contribution in [-0.2, 0) is 6.54 Å². The zero-order valence-electron chi connectivity index (χ0n) is 9.28. The first-order chi connectivity index (χ1) is 7.42. The molecular weight excluding hydrogens is 206 g/mol. The van der Waals surface area contributed by atoms with E-state index in [0.717, 1.165) is 18.8 Å². The van der Waals surface area contributed by atoms with Crippen LogP contribution >= 0.6 is 11.8 Å². The number of hydrogen-bond donors (Lipinski definition) is 1. The minimum absolute atomic E-state index is 0.531. The zero-order valence-corrected chi connectivity index (χ0v) is 10.1. The van der Waals surface area contributed by atoms with Crippen molar-refractivity contribution < 1.29 is 0 Å². The third kappa shape index (κ3) is 2.75. The SMILES string of the molecule is CSCCn1cncc1C1CCCCN1. The van der Waals surface area contributed by atoms with Crippen LogP contribution in [0.3, 0.4) is 0 Å². The van der Waals surface area contributed by atoms with E-state index >= 15 is 0 Å². The Labute approximate surface area is 95.7 Å². The number of hydrogen-bond acceptors (Lipinski definition) is 3. The van der Waals surface area contributed by atoms with E-state index in [4.69, 9.17) is 0 Å². The number of nitrogens with one attached hydrogen (secondary N) is 1. The molecule has 2 heterocycles. The van der Waals surface area contributed by atoms with Crippen molar-refractivity contribution in [2.75, 3.05) is 18.6 Å². The van der Waals surface area contributed by atoms with Gasteiger partial charge in [-0.3, -0.25) is 0 Å². The van der Waals surface area contributed by atoms with Crippen molar-refractivity contribution in [2.24, 2.45) is 0 Å². The van der Waals surface area contributed by atoms with E-state index < -0.39 is 0 Å². The normalized spacial score (nSPS) is 21.8. The van der Waals surface area contributed by atoms with Gasteiger partial charge in [0.15, 0.2) is 0 Å². The van der Waals surface area contributed by atoms with Crippen LogP contribution < -0.4 is 5.32 Å². The fourth-order valence-corrected chi connectivity index (χ4v) is 2.48. The number of thioether (sulfide) groups is 1. The first-order valence-electron chi connectivity index (χ1n) is 5.64. The molecule has 0 aromatic carbocycles. The van der Waals surface area contributed by atoms with E-state index in [1.165, 1.54) is 25.0 Å². The summed E-state index contributed by atoms with van der Waals surface area (Å²) >= 11 is 1.89. The van der Waals surface area contributed by atoms with Crippen molar-refractivity contribution in [1.82, 2.24) is 14.9 Å². The summed E-state index contributed by atoms with van der Waals surface area (Å²) in [5.74, 6) is 1.16. The Morgan fingerprint density at radius 1 is 1.60 bits per heavy atom. The lowest BCUT2D eigenvalue weighted by atomic mass is 10.0. The maximum atomic E-state index is 4.26. The number of piperidine rings is 1. The summed E-state index contributed by atoms with van der Waals surface area (Å²) in [5.41, 5.74) is 1.36. The summed E-state index contributed by atoms with van der Waals surface area (Å²) in [6.45, 7) is 2.23. The molecular formula is C11H19N3S. The highest BCUT2D eigenvalue weighted by Gasteiger charge is 2.17. The van der Waals surface area contributed by atoms with Gasteiger partial charge in [0.1, 0.15) is 0 Å². The fourth-order valence-electron chi connectivity index (χ4n) is 2.10. The standard InChI is InChI=1S/C11H19N3S/c1-15-7-6-14-9-12-8-11(14)10-4-2-3-5-13-10/h8-10,13H,2-7H2,1H3. The molecule has 0 amide bonds. The first-order valence-corrected chi connectivity index (χ1v) is 7.03. The number of imidazole rings is 1. The molecule has 1 aromatic heterocycles. The van der Waals surface area contributed by atoms with Gasteiger partial charge in [-0.1, -0.05) is 6.42 Å². The highest BCUT2D eigenvalue weighted by molar-refractivity contribution is 7.98. The molecule has 1 aliphatic heterocycles. The summed E-state index contributed by atoms with van der Waals surface area (Å²) in [6, 6.07) is 0.531. The molecule has 15 heavy (non-hydrogen) atoms. The summed E-state index contributed by atoms with van der Waals surface area (Å²) in [4.78, 5) is 4.26. The van der Waals surface area contributed by atoms with Crippen molar-refractivity contribution in [3.05, 3.63) is 18.2 Å². The molecule has 1 fully saturated rings. The van der Waals surface area contributed by atoms with Gasteiger partial charge in [0.25, 0.3) is 0 Å². The quantitative estimate of drug-likeness (QED) is 0.850. The predicted octanol–water partition coefficient (Wildman–Crippen LogP) is 2.06. The fraction of sp³-hybridized carbons (Fsp3) is 0.727. The zero-order chi connectivity index (χ0) is 10.5. The first kappa shape index (κ1) is 11.0. The van der Waals surface area contributed by atoms with E-state index in [9.17, 15) is 0 Å². The summed E-state index contributed by atoms with van der Waals surface area (Å²) in [7, 11) is 0. The highest BCUT2D eigenvalue weighted by atomic mass is 32.2. The van der Waals surface area contributed by atoms with Crippen molar-refractivity contribution >= 4 is 11.8 Å². The monoisotopic (exact) mass is 225 g/mol. The van der Waals surface area contributed by atoms with Crippen molar-refractivity contribution in [2.45, 2.75) is 31.8 Å². The van der Waals surface area contributed by atoms with Gasteiger partial charge in [-0.05, 0) is 25.6 Å². The third-order valence-electron chi connectivity index (χ3n) is 2.95. The van der Waals surface area contributed by atoms with E-state index in [2.05, 4.69) is 21.1 Å². The van der Waals surface area contributed by atoms with Gasteiger partial charge in [-0.25, -0.2) is 4.98 Å². The topological polar surface area (TPSA) is 29.9 Å². The smallest absolute Gasteiger partial charge is 0.0948 e. The Bertz CT molecular complexity index is 292. The molecule has 1 N–H and O–H groups in total. The van der Waals surface area contributed by atoms with Gasteiger partial charge >= 0.3 is 0 Å². The van der Waals surface area contributed by atoms with E-state index in [1.54, 1.807) is 0 Å². The molecule has 1 atom stereocenters. The number of nitrogens with zero attached hydrogens (tertiary/aromatic N) is 2. The van der Waals surface area contributed by atoms with Gasteiger partial charge in [-0.15, -0.1) is 0 Å². The van der Waals surface area contributed by atoms with Crippen molar-refractivity contribution in [3.63, 3.8) is 0 Å². The Balaban J connectivity index is 2.02. The van der Waals surface area contributed by atoms with Crippen LogP contribution in [-0.4, -0.2) is 28.1 Å². The van der Waals surface area contributed by atoms with Gasteiger partial charge in [0.2, 0.25) is 0 Å². The minimum Gasteiger partial charge on any atom is -0.332 e. The molecule has 2 rings (SSSR count). The minimum atomic E-state index is 0.531. The number of aryl methyl sites for hydroxylation is 1. The van der Waals surface area contributed by atoms with E-state index in [-0.39, 0.29) is 0 Å². The molecule has 0 spiro atoms. The highest BCUT2D eigenvalue weighted by Crippen LogP contribution is 2.22. The van der Waals surface area contributed by atoms with Gasteiger partial charge in [0.05, 0.1) is 12.0 Å².